The molecule has 6 nitrogen and oxygen atoms in total. The van der Waals surface area contributed by atoms with Crippen molar-refractivity contribution in [3.8, 4) is 11.1 Å². The van der Waals surface area contributed by atoms with E-state index in [1.165, 1.54) is 18.2 Å². The molecule has 3 aromatic rings. The summed E-state index contributed by atoms with van der Waals surface area (Å²) in [5.74, 6) is -1.12. The van der Waals surface area contributed by atoms with E-state index >= 15 is 0 Å². The van der Waals surface area contributed by atoms with Crippen molar-refractivity contribution in [1.29, 1.82) is 0 Å². The van der Waals surface area contributed by atoms with Gasteiger partial charge in [-0.15, -0.1) is 0 Å². The summed E-state index contributed by atoms with van der Waals surface area (Å²) in [4.78, 5) is 24.8. The van der Waals surface area contributed by atoms with E-state index in [1.807, 2.05) is 6.07 Å². The van der Waals surface area contributed by atoms with Gasteiger partial charge in [0.1, 0.15) is 5.69 Å². The highest BCUT2D eigenvalue weighted by Crippen LogP contribution is 2.38. The number of aromatic amines is 1. The number of carboxylic acids is 1. The highest BCUT2D eigenvalue weighted by Gasteiger charge is 2.21. The zero-order valence-corrected chi connectivity index (χ0v) is 12.6. The molecule has 0 radical (unpaired) electrons. The van der Waals surface area contributed by atoms with Crippen molar-refractivity contribution in [1.82, 2.24) is 4.98 Å². The largest absolute Gasteiger partial charge is 0.477 e. The molecule has 2 aromatic carbocycles. The molecular formula is C15H9BrN2O4. The van der Waals surface area contributed by atoms with Crippen LogP contribution >= 0.6 is 15.9 Å². The summed E-state index contributed by atoms with van der Waals surface area (Å²) in [6, 6.07) is 11.4. The molecule has 1 aromatic heterocycles. The average Bonchev–Trinajstić information content (AvgIpc) is 2.86. The zero-order valence-electron chi connectivity index (χ0n) is 11.0. The number of carboxylic acid groups (broad SMARTS) is 1. The van der Waals surface area contributed by atoms with Crippen LogP contribution in [-0.4, -0.2) is 21.0 Å². The van der Waals surface area contributed by atoms with Crippen molar-refractivity contribution in [3.05, 3.63) is 62.7 Å². The van der Waals surface area contributed by atoms with Crippen LogP contribution in [0.5, 0.6) is 0 Å². The SMILES string of the molecule is O=C(O)c1[nH]c2ccc([N+](=O)[O-])cc2c1-c1ccccc1Br. The number of nitro benzene ring substituents is 1. The Kier molecular flexibility index (Phi) is 3.42. The third-order valence-electron chi connectivity index (χ3n) is 3.35. The first kappa shape index (κ1) is 14.3. The van der Waals surface area contributed by atoms with E-state index < -0.39 is 10.9 Å². The average molecular weight is 361 g/mol. The van der Waals surface area contributed by atoms with Crippen LogP contribution in [-0.2, 0) is 0 Å². The minimum atomic E-state index is -1.12. The maximum atomic E-state index is 11.5. The lowest BCUT2D eigenvalue weighted by Gasteiger charge is -2.05. The summed E-state index contributed by atoms with van der Waals surface area (Å²) in [6.07, 6.45) is 0. The van der Waals surface area contributed by atoms with E-state index in [1.54, 1.807) is 18.2 Å². The third kappa shape index (κ3) is 2.25. The van der Waals surface area contributed by atoms with Gasteiger partial charge in [-0.25, -0.2) is 4.79 Å². The van der Waals surface area contributed by atoms with Crippen LogP contribution in [0, 0.1) is 10.1 Å². The second kappa shape index (κ2) is 5.27. The Balaban J connectivity index is 2.41. The Morgan fingerprint density at radius 1 is 1.23 bits per heavy atom. The number of nitrogens with one attached hydrogen (secondary N) is 1. The monoisotopic (exact) mass is 360 g/mol. The second-order valence-corrected chi connectivity index (χ2v) is 5.50. The van der Waals surface area contributed by atoms with Gasteiger partial charge in [-0.2, -0.15) is 0 Å². The number of hydrogen-bond donors (Lipinski definition) is 2. The van der Waals surface area contributed by atoms with Crippen molar-refractivity contribution in [2.24, 2.45) is 0 Å². The predicted octanol–water partition coefficient (Wildman–Crippen LogP) is 4.20. The van der Waals surface area contributed by atoms with E-state index in [2.05, 4.69) is 20.9 Å². The highest BCUT2D eigenvalue weighted by molar-refractivity contribution is 9.10. The number of H-pyrrole nitrogens is 1. The summed E-state index contributed by atoms with van der Waals surface area (Å²) in [5, 5.41) is 20.9. The number of non-ortho nitro benzene ring substituents is 1. The number of fused-ring (bicyclic) bond motifs is 1. The summed E-state index contributed by atoms with van der Waals surface area (Å²) in [5.41, 5.74) is 1.54. The number of benzene rings is 2. The molecule has 0 fully saturated rings. The van der Waals surface area contributed by atoms with Gasteiger partial charge in [-0.1, -0.05) is 34.1 Å². The van der Waals surface area contributed by atoms with Gasteiger partial charge < -0.3 is 10.1 Å². The lowest BCUT2D eigenvalue weighted by atomic mass is 10.0. The molecule has 1 heterocycles. The Bertz CT molecular complexity index is 917. The first-order valence-electron chi connectivity index (χ1n) is 6.27. The first-order chi connectivity index (χ1) is 10.5. The van der Waals surface area contributed by atoms with Gasteiger partial charge in [-0.3, -0.25) is 10.1 Å². The van der Waals surface area contributed by atoms with Crippen LogP contribution in [0.3, 0.4) is 0 Å². The fraction of sp³-hybridized carbons (Fsp3) is 0. The summed E-state index contributed by atoms with van der Waals surface area (Å²) >= 11 is 3.39. The van der Waals surface area contributed by atoms with Crippen molar-refractivity contribution in [2.75, 3.05) is 0 Å². The molecule has 0 saturated heterocycles. The lowest BCUT2D eigenvalue weighted by molar-refractivity contribution is -0.384. The smallest absolute Gasteiger partial charge is 0.352 e. The fourth-order valence-electron chi connectivity index (χ4n) is 2.40. The van der Waals surface area contributed by atoms with Crippen LogP contribution in [0.1, 0.15) is 10.5 Å². The molecule has 7 heteroatoms. The first-order valence-corrected chi connectivity index (χ1v) is 7.06. The highest BCUT2D eigenvalue weighted by atomic mass is 79.9. The zero-order chi connectivity index (χ0) is 15.9. The van der Waals surface area contributed by atoms with E-state index in [0.717, 1.165) is 0 Å². The number of aromatic nitrogens is 1. The maximum absolute atomic E-state index is 11.5. The maximum Gasteiger partial charge on any atom is 0.352 e. The molecule has 0 atom stereocenters. The predicted molar refractivity (Wildman–Crippen MR) is 85.0 cm³/mol. The number of halogens is 1. The van der Waals surface area contributed by atoms with E-state index in [0.29, 0.717) is 26.5 Å². The summed E-state index contributed by atoms with van der Waals surface area (Å²) in [7, 11) is 0. The molecule has 0 unspecified atom stereocenters. The summed E-state index contributed by atoms with van der Waals surface area (Å²) < 4.78 is 0.713. The third-order valence-corrected chi connectivity index (χ3v) is 4.04. The molecule has 110 valence electrons. The van der Waals surface area contributed by atoms with Crippen molar-refractivity contribution < 1.29 is 14.8 Å². The molecule has 0 amide bonds. The molecule has 0 spiro atoms. The normalized spacial score (nSPS) is 10.8. The lowest BCUT2D eigenvalue weighted by Crippen LogP contribution is -1.99. The number of rotatable bonds is 3. The van der Waals surface area contributed by atoms with Crippen LogP contribution in [0.25, 0.3) is 22.0 Å². The van der Waals surface area contributed by atoms with Crippen molar-refractivity contribution in [3.63, 3.8) is 0 Å². The number of carbonyl (C=O) groups is 1. The van der Waals surface area contributed by atoms with Crippen LogP contribution < -0.4 is 0 Å². The van der Waals surface area contributed by atoms with Gasteiger partial charge in [-0.05, 0) is 17.7 Å². The van der Waals surface area contributed by atoms with Gasteiger partial charge in [0.2, 0.25) is 0 Å². The Hall–Kier alpha value is -2.67. The number of aromatic carboxylic acids is 1. The minimum Gasteiger partial charge on any atom is -0.477 e. The quantitative estimate of drug-likeness (QED) is 0.540. The molecule has 3 rings (SSSR count). The van der Waals surface area contributed by atoms with Gasteiger partial charge in [0, 0.05) is 33.1 Å². The number of nitro groups is 1. The number of hydrogen-bond acceptors (Lipinski definition) is 3. The van der Waals surface area contributed by atoms with E-state index in [4.69, 9.17) is 0 Å². The van der Waals surface area contributed by atoms with Crippen LogP contribution in [0.2, 0.25) is 0 Å². The molecule has 0 aliphatic heterocycles. The molecule has 0 aliphatic carbocycles. The van der Waals surface area contributed by atoms with Crippen LogP contribution in [0.4, 0.5) is 5.69 Å². The Labute approximate surface area is 132 Å². The number of nitrogens with zero attached hydrogens (tertiary/aromatic N) is 1. The van der Waals surface area contributed by atoms with E-state index in [-0.39, 0.29) is 11.4 Å². The summed E-state index contributed by atoms with van der Waals surface area (Å²) in [6.45, 7) is 0. The molecular weight excluding hydrogens is 352 g/mol. The van der Waals surface area contributed by atoms with Gasteiger partial charge in [0.25, 0.3) is 5.69 Å². The molecule has 0 bridgehead atoms. The Morgan fingerprint density at radius 2 is 1.95 bits per heavy atom. The fourth-order valence-corrected chi connectivity index (χ4v) is 2.88. The molecule has 2 N–H and O–H groups in total. The Morgan fingerprint density at radius 3 is 2.59 bits per heavy atom. The van der Waals surface area contributed by atoms with Gasteiger partial charge in [0.15, 0.2) is 0 Å². The molecule has 0 aliphatic rings. The van der Waals surface area contributed by atoms with Crippen molar-refractivity contribution >= 4 is 38.5 Å². The topological polar surface area (TPSA) is 96.2 Å². The molecule has 22 heavy (non-hydrogen) atoms. The standard InChI is InChI=1S/C15H9BrN2O4/c16-11-4-2-1-3-9(11)13-10-7-8(18(21)22)5-6-12(10)17-14(13)15(19)20/h1-7,17H,(H,19,20). The van der Waals surface area contributed by atoms with Gasteiger partial charge >= 0.3 is 5.97 Å². The van der Waals surface area contributed by atoms with Crippen molar-refractivity contribution in [2.45, 2.75) is 0 Å². The van der Waals surface area contributed by atoms with Crippen LogP contribution in [0.15, 0.2) is 46.9 Å². The minimum absolute atomic E-state index is 0.00222. The molecule has 0 saturated carbocycles. The second-order valence-electron chi connectivity index (χ2n) is 4.65. The van der Waals surface area contributed by atoms with E-state index in [9.17, 15) is 20.0 Å². The van der Waals surface area contributed by atoms with Gasteiger partial charge in [0.05, 0.1) is 4.92 Å².